The Hall–Kier alpha value is -2.94. The van der Waals surface area contributed by atoms with Gasteiger partial charge in [-0.15, -0.1) is 0 Å². The molecule has 0 aliphatic heterocycles. The molecule has 2 aromatic rings. The lowest BCUT2D eigenvalue weighted by molar-refractivity contribution is 0.0778. The Morgan fingerprint density at radius 3 is 2.81 bits per heavy atom. The molecule has 0 aliphatic carbocycles. The van der Waals surface area contributed by atoms with Crippen molar-refractivity contribution in [2.45, 2.75) is 6.54 Å². The predicted molar refractivity (Wildman–Crippen MR) is 75.6 cm³/mol. The molecule has 0 saturated heterocycles. The van der Waals surface area contributed by atoms with Crippen LogP contribution in [0.2, 0.25) is 0 Å². The van der Waals surface area contributed by atoms with Gasteiger partial charge >= 0.3 is 0 Å². The summed E-state index contributed by atoms with van der Waals surface area (Å²) < 4.78 is 13.7. The molecule has 0 bridgehead atoms. The zero-order valence-electron chi connectivity index (χ0n) is 11.4. The number of halogens is 1. The van der Waals surface area contributed by atoms with Crippen LogP contribution in [0.15, 0.2) is 36.5 Å². The summed E-state index contributed by atoms with van der Waals surface area (Å²) in [7, 11) is 1.54. The molecule has 0 fully saturated rings. The number of nitriles is 1. The first-order valence-corrected chi connectivity index (χ1v) is 6.17. The number of benzene rings is 1. The molecule has 2 rings (SSSR count). The SMILES string of the molecule is CN(Cc1cc(C#N)ccc1F)C(=O)c1ccc(N)cn1. The van der Waals surface area contributed by atoms with E-state index < -0.39 is 5.82 Å². The Morgan fingerprint density at radius 2 is 2.19 bits per heavy atom. The highest BCUT2D eigenvalue weighted by Crippen LogP contribution is 2.13. The molecule has 0 unspecified atom stereocenters. The van der Waals surface area contributed by atoms with E-state index in [1.54, 1.807) is 13.1 Å². The van der Waals surface area contributed by atoms with Gasteiger partial charge in [-0.25, -0.2) is 9.37 Å². The van der Waals surface area contributed by atoms with Crippen LogP contribution in [0.5, 0.6) is 0 Å². The average molecular weight is 284 g/mol. The van der Waals surface area contributed by atoms with Gasteiger partial charge in [0, 0.05) is 19.2 Å². The number of amides is 1. The molecular weight excluding hydrogens is 271 g/mol. The summed E-state index contributed by atoms with van der Waals surface area (Å²) in [5.41, 5.74) is 6.82. The number of nitrogen functional groups attached to an aromatic ring is 1. The first-order valence-electron chi connectivity index (χ1n) is 6.17. The second-order valence-electron chi connectivity index (χ2n) is 4.56. The number of carbonyl (C=O) groups is 1. The molecular formula is C15H13FN4O. The van der Waals surface area contributed by atoms with E-state index in [2.05, 4.69) is 4.98 Å². The van der Waals surface area contributed by atoms with Gasteiger partial charge in [0.2, 0.25) is 0 Å². The number of pyridine rings is 1. The summed E-state index contributed by atoms with van der Waals surface area (Å²) in [6, 6.07) is 9.06. The van der Waals surface area contributed by atoms with Crippen LogP contribution in [-0.4, -0.2) is 22.8 Å². The number of nitrogens with zero attached hydrogens (tertiary/aromatic N) is 3. The number of nitrogens with two attached hydrogens (primary N) is 1. The molecule has 1 aromatic heterocycles. The second-order valence-corrected chi connectivity index (χ2v) is 4.56. The van der Waals surface area contributed by atoms with Crippen molar-refractivity contribution in [3.63, 3.8) is 0 Å². The second kappa shape index (κ2) is 6.01. The van der Waals surface area contributed by atoms with E-state index in [1.165, 1.54) is 35.4 Å². The Balaban J connectivity index is 2.18. The molecule has 0 spiro atoms. The van der Waals surface area contributed by atoms with Crippen molar-refractivity contribution >= 4 is 11.6 Å². The minimum Gasteiger partial charge on any atom is -0.397 e. The van der Waals surface area contributed by atoms with E-state index >= 15 is 0 Å². The number of aromatic nitrogens is 1. The number of carbonyl (C=O) groups excluding carboxylic acids is 1. The molecule has 106 valence electrons. The Morgan fingerprint density at radius 1 is 1.43 bits per heavy atom. The zero-order valence-corrected chi connectivity index (χ0v) is 11.4. The molecule has 0 radical (unpaired) electrons. The van der Waals surface area contributed by atoms with Crippen LogP contribution in [0.4, 0.5) is 10.1 Å². The molecule has 6 heteroatoms. The first kappa shape index (κ1) is 14.5. The zero-order chi connectivity index (χ0) is 15.4. The summed E-state index contributed by atoms with van der Waals surface area (Å²) in [4.78, 5) is 17.4. The lowest BCUT2D eigenvalue weighted by Gasteiger charge is -2.17. The Labute approximate surface area is 121 Å². The first-order chi connectivity index (χ1) is 10.0. The molecule has 0 saturated carbocycles. The smallest absolute Gasteiger partial charge is 0.272 e. The third kappa shape index (κ3) is 3.34. The van der Waals surface area contributed by atoms with Crippen molar-refractivity contribution in [2.24, 2.45) is 0 Å². The van der Waals surface area contributed by atoms with E-state index in [0.29, 0.717) is 11.3 Å². The Kier molecular flexibility index (Phi) is 4.14. The molecule has 1 amide bonds. The predicted octanol–water partition coefficient (Wildman–Crippen LogP) is 1.95. The highest BCUT2D eigenvalue weighted by molar-refractivity contribution is 5.92. The van der Waals surface area contributed by atoms with Gasteiger partial charge in [0.1, 0.15) is 11.5 Å². The van der Waals surface area contributed by atoms with Crippen molar-refractivity contribution < 1.29 is 9.18 Å². The van der Waals surface area contributed by atoms with Gasteiger partial charge < -0.3 is 10.6 Å². The molecule has 0 aliphatic rings. The van der Waals surface area contributed by atoms with Crippen LogP contribution in [0.25, 0.3) is 0 Å². The highest BCUT2D eigenvalue weighted by Gasteiger charge is 2.15. The maximum absolute atomic E-state index is 13.7. The fourth-order valence-electron chi connectivity index (χ4n) is 1.82. The van der Waals surface area contributed by atoms with E-state index in [1.807, 2.05) is 6.07 Å². The minimum absolute atomic E-state index is 0.0479. The maximum atomic E-state index is 13.7. The van der Waals surface area contributed by atoms with Gasteiger partial charge in [-0.1, -0.05) is 0 Å². The van der Waals surface area contributed by atoms with Gasteiger partial charge in [0.25, 0.3) is 5.91 Å². The van der Waals surface area contributed by atoms with Crippen LogP contribution in [-0.2, 0) is 6.54 Å². The third-order valence-corrected chi connectivity index (χ3v) is 2.93. The fourth-order valence-corrected chi connectivity index (χ4v) is 1.82. The highest BCUT2D eigenvalue weighted by atomic mass is 19.1. The molecule has 0 atom stereocenters. The van der Waals surface area contributed by atoms with E-state index in [0.717, 1.165) is 0 Å². The van der Waals surface area contributed by atoms with Crippen molar-refractivity contribution in [1.82, 2.24) is 9.88 Å². The largest absolute Gasteiger partial charge is 0.397 e. The Bertz CT molecular complexity index is 707. The fraction of sp³-hybridized carbons (Fsp3) is 0.133. The van der Waals surface area contributed by atoms with Crippen molar-refractivity contribution in [1.29, 1.82) is 5.26 Å². The van der Waals surface area contributed by atoms with Crippen molar-refractivity contribution in [3.05, 3.63) is 59.2 Å². The van der Waals surface area contributed by atoms with Crippen LogP contribution >= 0.6 is 0 Å². The summed E-state index contributed by atoms with van der Waals surface area (Å²) >= 11 is 0. The number of hydrogen-bond donors (Lipinski definition) is 1. The molecule has 21 heavy (non-hydrogen) atoms. The van der Waals surface area contributed by atoms with Crippen molar-refractivity contribution in [2.75, 3.05) is 12.8 Å². The number of rotatable bonds is 3. The summed E-state index contributed by atoms with van der Waals surface area (Å²) in [6.07, 6.45) is 1.39. The lowest BCUT2D eigenvalue weighted by atomic mass is 10.1. The average Bonchev–Trinajstić information content (AvgIpc) is 2.49. The van der Waals surface area contributed by atoms with Crippen LogP contribution < -0.4 is 5.73 Å². The maximum Gasteiger partial charge on any atom is 0.272 e. The van der Waals surface area contributed by atoms with Gasteiger partial charge in [0.05, 0.1) is 23.5 Å². The standard InChI is InChI=1S/C15H13FN4O/c1-20(15(21)14-5-3-12(18)8-19-14)9-11-6-10(7-17)2-4-13(11)16/h2-6,8H,9,18H2,1H3. The minimum atomic E-state index is -0.459. The summed E-state index contributed by atoms with van der Waals surface area (Å²) in [6.45, 7) is 0.0479. The van der Waals surface area contributed by atoms with Crippen molar-refractivity contribution in [3.8, 4) is 6.07 Å². The van der Waals surface area contributed by atoms with E-state index in [4.69, 9.17) is 11.0 Å². The van der Waals surface area contributed by atoms with Crippen LogP contribution in [0.3, 0.4) is 0 Å². The summed E-state index contributed by atoms with van der Waals surface area (Å²) in [5.74, 6) is -0.810. The monoisotopic (exact) mass is 284 g/mol. The van der Waals surface area contributed by atoms with Crippen LogP contribution in [0, 0.1) is 17.1 Å². The van der Waals surface area contributed by atoms with Gasteiger partial charge in [-0.05, 0) is 30.3 Å². The summed E-state index contributed by atoms with van der Waals surface area (Å²) in [5, 5.41) is 8.83. The molecule has 1 aromatic carbocycles. The molecule has 2 N–H and O–H groups in total. The molecule has 5 nitrogen and oxygen atoms in total. The van der Waals surface area contributed by atoms with E-state index in [-0.39, 0.29) is 23.7 Å². The number of hydrogen-bond acceptors (Lipinski definition) is 4. The quantitative estimate of drug-likeness (QED) is 0.933. The third-order valence-electron chi connectivity index (χ3n) is 2.93. The lowest BCUT2D eigenvalue weighted by Crippen LogP contribution is -2.27. The van der Waals surface area contributed by atoms with E-state index in [9.17, 15) is 9.18 Å². The van der Waals surface area contributed by atoms with Gasteiger partial charge in [-0.3, -0.25) is 4.79 Å². The number of anilines is 1. The van der Waals surface area contributed by atoms with Crippen LogP contribution in [0.1, 0.15) is 21.6 Å². The normalized spacial score (nSPS) is 9.95. The topological polar surface area (TPSA) is 83.0 Å². The van der Waals surface area contributed by atoms with Gasteiger partial charge in [0.15, 0.2) is 0 Å². The molecule has 1 heterocycles. The van der Waals surface area contributed by atoms with Gasteiger partial charge in [-0.2, -0.15) is 5.26 Å².